The first-order chi connectivity index (χ1) is 7.52. The van der Waals surface area contributed by atoms with Gasteiger partial charge in [0.05, 0.1) is 11.8 Å². The molecule has 5 nitrogen and oxygen atoms in total. The smallest absolute Gasteiger partial charge is 0.195 e. The lowest BCUT2D eigenvalue weighted by Gasteiger charge is -2.09. The van der Waals surface area contributed by atoms with E-state index < -0.39 is 0 Å². The fourth-order valence-corrected chi connectivity index (χ4v) is 2.03. The van der Waals surface area contributed by atoms with E-state index in [0.717, 1.165) is 17.1 Å². The van der Waals surface area contributed by atoms with E-state index in [0.29, 0.717) is 4.77 Å². The number of H-pyrrole nitrogens is 1. The molecular formula is C10H15N5S. The molecule has 0 amide bonds. The summed E-state index contributed by atoms with van der Waals surface area (Å²) in [6, 6.07) is 0.279. The third-order valence-electron chi connectivity index (χ3n) is 2.70. The zero-order chi connectivity index (χ0) is 11.9. The zero-order valence-corrected chi connectivity index (χ0v) is 10.7. The topological polar surface area (TPSA) is 51.4 Å². The number of aromatic amines is 1. The normalized spacial score (nSPS) is 11.3. The number of aryl methyl sites for hydroxylation is 1. The molecule has 0 aromatic carbocycles. The summed E-state index contributed by atoms with van der Waals surface area (Å²) in [6.45, 7) is 6.19. The molecule has 16 heavy (non-hydrogen) atoms. The van der Waals surface area contributed by atoms with Gasteiger partial charge in [-0.1, -0.05) is 0 Å². The molecule has 1 N–H and O–H groups in total. The van der Waals surface area contributed by atoms with Gasteiger partial charge in [0.2, 0.25) is 0 Å². The van der Waals surface area contributed by atoms with Gasteiger partial charge < -0.3 is 0 Å². The Labute approximate surface area is 99.1 Å². The minimum absolute atomic E-state index is 0.279. The van der Waals surface area contributed by atoms with Crippen LogP contribution in [-0.2, 0) is 7.05 Å². The SMILES string of the molecule is Cc1c(-c2n[nH]c(=S)n2C(C)C)cnn1C. The second kappa shape index (κ2) is 3.86. The summed E-state index contributed by atoms with van der Waals surface area (Å²) in [5, 5.41) is 11.3. The summed E-state index contributed by atoms with van der Waals surface area (Å²) in [5.41, 5.74) is 2.10. The Morgan fingerprint density at radius 2 is 2.12 bits per heavy atom. The molecule has 2 rings (SSSR count). The van der Waals surface area contributed by atoms with Gasteiger partial charge in [0.25, 0.3) is 0 Å². The Hall–Kier alpha value is -1.43. The Bertz CT molecular complexity index is 560. The minimum atomic E-state index is 0.279. The molecule has 6 heteroatoms. The van der Waals surface area contributed by atoms with Crippen LogP contribution in [0.2, 0.25) is 0 Å². The van der Waals surface area contributed by atoms with Gasteiger partial charge in [-0.05, 0) is 33.0 Å². The molecule has 0 aliphatic rings. The summed E-state index contributed by atoms with van der Waals surface area (Å²) >= 11 is 5.22. The highest BCUT2D eigenvalue weighted by Crippen LogP contribution is 2.23. The Kier molecular flexibility index (Phi) is 2.67. The number of nitrogens with zero attached hydrogens (tertiary/aromatic N) is 4. The molecule has 0 radical (unpaired) electrons. The maximum Gasteiger partial charge on any atom is 0.195 e. The first kappa shape index (κ1) is 11.1. The highest BCUT2D eigenvalue weighted by molar-refractivity contribution is 7.71. The van der Waals surface area contributed by atoms with E-state index in [4.69, 9.17) is 12.2 Å². The van der Waals surface area contributed by atoms with Crippen molar-refractivity contribution in [1.29, 1.82) is 0 Å². The highest BCUT2D eigenvalue weighted by Gasteiger charge is 2.15. The molecule has 2 heterocycles. The monoisotopic (exact) mass is 237 g/mol. The number of rotatable bonds is 2. The molecule has 0 bridgehead atoms. The average Bonchev–Trinajstić information content (AvgIpc) is 2.72. The van der Waals surface area contributed by atoms with E-state index in [1.165, 1.54) is 0 Å². The summed E-state index contributed by atoms with van der Waals surface area (Å²) in [5.74, 6) is 0.852. The maximum absolute atomic E-state index is 5.22. The van der Waals surface area contributed by atoms with Gasteiger partial charge in [0, 0.05) is 18.8 Å². The molecule has 2 aromatic rings. The largest absolute Gasteiger partial charge is 0.298 e. The lowest BCUT2D eigenvalue weighted by molar-refractivity contribution is 0.596. The number of nitrogens with one attached hydrogen (secondary N) is 1. The van der Waals surface area contributed by atoms with Crippen LogP contribution in [0.15, 0.2) is 6.20 Å². The number of hydrogen-bond acceptors (Lipinski definition) is 3. The van der Waals surface area contributed by atoms with Gasteiger partial charge in [0.1, 0.15) is 0 Å². The van der Waals surface area contributed by atoms with Crippen molar-refractivity contribution < 1.29 is 0 Å². The van der Waals surface area contributed by atoms with Crippen LogP contribution in [0.4, 0.5) is 0 Å². The Morgan fingerprint density at radius 3 is 2.62 bits per heavy atom. The fraction of sp³-hybridized carbons (Fsp3) is 0.500. The van der Waals surface area contributed by atoms with Crippen LogP contribution in [0.1, 0.15) is 25.6 Å². The van der Waals surface area contributed by atoms with Crippen molar-refractivity contribution in [2.45, 2.75) is 26.8 Å². The van der Waals surface area contributed by atoms with Crippen LogP contribution in [-0.4, -0.2) is 24.5 Å². The van der Waals surface area contributed by atoms with Crippen molar-refractivity contribution in [2.24, 2.45) is 7.05 Å². The molecule has 0 spiro atoms. The van der Waals surface area contributed by atoms with Gasteiger partial charge >= 0.3 is 0 Å². The maximum atomic E-state index is 5.22. The predicted molar refractivity (Wildman–Crippen MR) is 64.7 cm³/mol. The van der Waals surface area contributed by atoms with Crippen LogP contribution >= 0.6 is 12.2 Å². The summed E-state index contributed by atoms with van der Waals surface area (Å²) in [6.07, 6.45) is 1.82. The molecule has 2 aromatic heterocycles. The van der Waals surface area contributed by atoms with Crippen LogP contribution in [0.3, 0.4) is 0 Å². The zero-order valence-electron chi connectivity index (χ0n) is 9.85. The summed E-state index contributed by atoms with van der Waals surface area (Å²) in [4.78, 5) is 0. The van der Waals surface area contributed by atoms with E-state index in [1.54, 1.807) is 0 Å². The van der Waals surface area contributed by atoms with Crippen LogP contribution in [0.5, 0.6) is 0 Å². The van der Waals surface area contributed by atoms with Gasteiger partial charge in [-0.3, -0.25) is 14.3 Å². The molecule has 86 valence electrons. The number of aromatic nitrogens is 5. The molecular weight excluding hydrogens is 222 g/mol. The highest BCUT2D eigenvalue weighted by atomic mass is 32.1. The lowest BCUT2D eigenvalue weighted by Crippen LogP contribution is -2.04. The second-order valence-corrected chi connectivity index (χ2v) is 4.47. The van der Waals surface area contributed by atoms with Gasteiger partial charge in [-0.15, -0.1) is 0 Å². The van der Waals surface area contributed by atoms with Crippen LogP contribution < -0.4 is 0 Å². The minimum Gasteiger partial charge on any atom is -0.298 e. The van der Waals surface area contributed by atoms with Crippen molar-refractivity contribution in [2.75, 3.05) is 0 Å². The fourth-order valence-electron chi connectivity index (χ4n) is 1.69. The van der Waals surface area contributed by atoms with Crippen molar-refractivity contribution >= 4 is 12.2 Å². The van der Waals surface area contributed by atoms with Crippen molar-refractivity contribution in [1.82, 2.24) is 24.5 Å². The van der Waals surface area contributed by atoms with Gasteiger partial charge in [0.15, 0.2) is 10.6 Å². The molecule has 0 saturated heterocycles. The second-order valence-electron chi connectivity index (χ2n) is 4.08. The average molecular weight is 237 g/mol. The summed E-state index contributed by atoms with van der Waals surface area (Å²) < 4.78 is 4.48. The third-order valence-corrected chi connectivity index (χ3v) is 2.98. The summed E-state index contributed by atoms with van der Waals surface area (Å²) in [7, 11) is 1.92. The third kappa shape index (κ3) is 1.59. The predicted octanol–water partition coefficient (Wildman–Crippen LogP) is 2.23. The van der Waals surface area contributed by atoms with Gasteiger partial charge in [-0.2, -0.15) is 10.2 Å². The van der Waals surface area contributed by atoms with Crippen molar-refractivity contribution in [3.05, 3.63) is 16.7 Å². The molecule has 0 aliphatic heterocycles. The first-order valence-corrected chi connectivity index (χ1v) is 5.59. The Morgan fingerprint density at radius 1 is 1.44 bits per heavy atom. The molecule has 0 atom stereocenters. The van der Waals surface area contributed by atoms with Crippen LogP contribution in [0, 0.1) is 11.7 Å². The first-order valence-electron chi connectivity index (χ1n) is 5.18. The van der Waals surface area contributed by atoms with Gasteiger partial charge in [-0.25, -0.2) is 0 Å². The molecule has 0 saturated carbocycles. The molecule has 0 unspecified atom stereocenters. The number of hydrogen-bond donors (Lipinski definition) is 1. The van der Waals surface area contributed by atoms with E-state index in [2.05, 4.69) is 29.1 Å². The quantitative estimate of drug-likeness (QED) is 0.815. The Balaban J connectivity index is 2.65. The molecule has 0 fully saturated rings. The van der Waals surface area contributed by atoms with E-state index in [-0.39, 0.29) is 6.04 Å². The van der Waals surface area contributed by atoms with Crippen LogP contribution in [0.25, 0.3) is 11.4 Å². The van der Waals surface area contributed by atoms with E-state index in [9.17, 15) is 0 Å². The van der Waals surface area contributed by atoms with E-state index in [1.807, 2.05) is 29.4 Å². The standard InChI is InChI=1S/C10H15N5S/c1-6(2)15-9(12-13-10(15)16)8-5-11-14(4)7(8)3/h5-6H,1-4H3,(H,13,16). The van der Waals surface area contributed by atoms with Crippen molar-refractivity contribution in [3.63, 3.8) is 0 Å². The lowest BCUT2D eigenvalue weighted by atomic mass is 10.2. The van der Waals surface area contributed by atoms with Crippen molar-refractivity contribution in [3.8, 4) is 11.4 Å². The molecule has 0 aliphatic carbocycles. The van der Waals surface area contributed by atoms with E-state index >= 15 is 0 Å².